The van der Waals surface area contributed by atoms with Gasteiger partial charge in [-0.15, -0.1) is 0 Å². The summed E-state index contributed by atoms with van der Waals surface area (Å²) in [7, 11) is 0. The number of aromatic nitrogens is 1. The number of anilines is 1. The van der Waals surface area contributed by atoms with Gasteiger partial charge in [0.25, 0.3) is 5.78 Å². The van der Waals surface area contributed by atoms with E-state index in [2.05, 4.69) is 4.98 Å². The van der Waals surface area contributed by atoms with E-state index in [1.165, 1.54) is 23.1 Å². The van der Waals surface area contributed by atoms with Crippen LogP contribution in [-0.2, 0) is 16.2 Å². The van der Waals surface area contributed by atoms with Gasteiger partial charge in [-0.3, -0.25) is 14.5 Å². The van der Waals surface area contributed by atoms with Crippen LogP contribution in [0.25, 0.3) is 16.0 Å². The zero-order valence-corrected chi connectivity index (χ0v) is 23.3. The summed E-state index contributed by atoms with van der Waals surface area (Å²) in [5.41, 5.74) is 2.27. The molecule has 1 aliphatic rings. The molecule has 9 heteroatoms. The maximum absolute atomic E-state index is 14.0. The van der Waals surface area contributed by atoms with E-state index in [0.717, 1.165) is 16.9 Å². The van der Waals surface area contributed by atoms with Crippen molar-refractivity contribution in [2.45, 2.75) is 19.6 Å². The standard InChI is InChI=1S/C33H25FN2O5S/c1-2-40-24-14-11-21(12-15-24)30(37)28-29(22-9-6-10-25(17-22)41-19-20-7-4-3-5-8-20)36(32(39)31(28)38)33-35-26-16-13-23(34)18-27(26)42-33/h3-18,29,37H,2,19H2,1H3. The molecule has 210 valence electrons. The summed E-state index contributed by atoms with van der Waals surface area (Å²) in [5, 5.41) is 11.7. The SMILES string of the molecule is CCOc1ccc(C(O)=C2C(=O)C(=O)N(c3nc4ccc(F)cc4s3)C2c2cccc(OCc3ccccc3)c2)cc1. The molecule has 1 atom stereocenters. The summed E-state index contributed by atoms with van der Waals surface area (Å²) >= 11 is 1.09. The van der Waals surface area contributed by atoms with Gasteiger partial charge in [0.05, 0.1) is 28.4 Å². The molecule has 1 aromatic heterocycles. The van der Waals surface area contributed by atoms with E-state index >= 15 is 0 Å². The zero-order valence-electron chi connectivity index (χ0n) is 22.5. The summed E-state index contributed by atoms with van der Waals surface area (Å²) in [4.78, 5) is 33.0. The van der Waals surface area contributed by atoms with Gasteiger partial charge in [0.15, 0.2) is 5.13 Å². The van der Waals surface area contributed by atoms with Crippen molar-refractivity contribution in [3.63, 3.8) is 0 Å². The normalized spacial score (nSPS) is 16.2. The molecule has 4 aromatic carbocycles. The number of ketones is 1. The number of aliphatic hydroxyl groups is 1. The van der Waals surface area contributed by atoms with E-state index in [4.69, 9.17) is 9.47 Å². The largest absolute Gasteiger partial charge is 0.507 e. The van der Waals surface area contributed by atoms with Crippen LogP contribution in [-0.4, -0.2) is 28.4 Å². The average molecular weight is 581 g/mol. The number of ether oxygens (including phenoxy) is 2. The molecule has 7 nitrogen and oxygen atoms in total. The molecule has 1 N–H and O–H groups in total. The number of benzene rings is 4. The van der Waals surface area contributed by atoms with E-state index < -0.39 is 23.5 Å². The number of Topliss-reactive ketones (excluding diaryl/α,β-unsaturated/α-hetero) is 1. The molecule has 0 bridgehead atoms. The topological polar surface area (TPSA) is 89.0 Å². The number of aliphatic hydroxyl groups excluding tert-OH is 1. The van der Waals surface area contributed by atoms with Crippen LogP contribution in [0.5, 0.6) is 11.5 Å². The number of rotatable bonds is 8. The van der Waals surface area contributed by atoms with Crippen molar-refractivity contribution in [1.29, 1.82) is 0 Å². The van der Waals surface area contributed by atoms with Crippen LogP contribution in [0.1, 0.15) is 29.7 Å². The number of amides is 1. The number of hydrogen-bond acceptors (Lipinski definition) is 7. The Bertz CT molecular complexity index is 1820. The van der Waals surface area contributed by atoms with Gasteiger partial charge < -0.3 is 14.6 Å². The van der Waals surface area contributed by atoms with Crippen molar-refractivity contribution >= 4 is 44.1 Å². The van der Waals surface area contributed by atoms with Gasteiger partial charge in [-0.05, 0) is 72.6 Å². The zero-order chi connectivity index (χ0) is 29.2. The molecule has 6 rings (SSSR count). The van der Waals surface area contributed by atoms with Crippen molar-refractivity contribution < 1.29 is 28.6 Å². The molecule has 5 aromatic rings. The number of hydrogen-bond donors (Lipinski definition) is 1. The van der Waals surface area contributed by atoms with Crippen LogP contribution in [0.3, 0.4) is 0 Å². The molecule has 0 radical (unpaired) electrons. The van der Waals surface area contributed by atoms with E-state index in [9.17, 15) is 19.1 Å². The van der Waals surface area contributed by atoms with Crippen molar-refractivity contribution in [1.82, 2.24) is 4.98 Å². The first-order chi connectivity index (χ1) is 20.4. The molecule has 0 aliphatic carbocycles. The average Bonchev–Trinajstić information content (AvgIpc) is 3.54. The van der Waals surface area contributed by atoms with E-state index in [0.29, 0.717) is 46.1 Å². The maximum atomic E-state index is 14.0. The van der Waals surface area contributed by atoms with E-state index in [1.807, 2.05) is 37.3 Å². The molecule has 1 saturated heterocycles. The summed E-state index contributed by atoms with van der Waals surface area (Å²) in [5.74, 6) is -1.33. The first-order valence-electron chi connectivity index (χ1n) is 13.3. The third-order valence-corrected chi connectivity index (χ3v) is 7.87. The van der Waals surface area contributed by atoms with Crippen LogP contribution < -0.4 is 14.4 Å². The van der Waals surface area contributed by atoms with E-state index in [-0.39, 0.29) is 16.5 Å². The molecule has 2 heterocycles. The Kier molecular flexibility index (Phi) is 7.41. The lowest BCUT2D eigenvalue weighted by Gasteiger charge is -2.23. The number of fused-ring (bicyclic) bond motifs is 1. The van der Waals surface area contributed by atoms with Gasteiger partial charge in [0, 0.05) is 5.56 Å². The Balaban J connectivity index is 1.46. The highest BCUT2D eigenvalue weighted by Crippen LogP contribution is 2.45. The molecular weight excluding hydrogens is 555 g/mol. The van der Waals surface area contributed by atoms with Gasteiger partial charge in [-0.1, -0.05) is 53.8 Å². The van der Waals surface area contributed by atoms with Crippen molar-refractivity contribution in [2.75, 3.05) is 11.5 Å². The second-order valence-electron chi connectivity index (χ2n) is 9.58. The summed E-state index contributed by atoms with van der Waals surface area (Å²) in [6.45, 7) is 2.66. The molecule has 1 unspecified atom stereocenters. The first-order valence-corrected chi connectivity index (χ1v) is 14.1. The van der Waals surface area contributed by atoms with E-state index in [1.54, 1.807) is 48.5 Å². The Morgan fingerprint density at radius 3 is 2.48 bits per heavy atom. The minimum Gasteiger partial charge on any atom is -0.507 e. The highest BCUT2D eigenvalue weighted by atomic mass is 32.1. The van der Waals surface area contributed by atoms with Crippen LogP contribution >= 0.6 is 11.3 Å². The minimum absolute atomic E-state index is 0.0881. The lowest BCUT2D eigenvalue weighted by Crippen LogP contribution is -2.29. The Hall–Kier alpha value is -5.02. The van der Waals surface area contributed by atoms with Crippen LogP contribution in [0.2, 0.25) is 0 Å². The number of thiazole rings is 1. The van der Waals surface area contributed by atoms with Crippen LogP contribution in [0.4, 0.5) is 9.52 Å². The predicted octanol–water partition coefficient (Wildman–Crippen LogP) is 7.04. The van der Waals surface area contributed by atoms with Crippen molar-refractivity contribution in [3.05, 3.63) is 125 Å². The fourth-order valence-corrected chi connectivity index (χ4v) is 5.90. The highest BCUT2D eigenvalue weighted by Gasteiger charge is 2.48. The monoisotopic (exact) mass is 580 g/mol. The third-order valence-electron chi connectivity index (χ3n) is 6.85. The molecule has 1 aliphatic heterocycles. The molecule has 0 spiro atoms. The molecule has 1 fully saturated rings. The maximum Gasteiger partial charge on any atom is 0.301 e. The first kappa shape index (κ1) is 27.2. The van der Waals surface area contributed by atoms with Gasteiger partial charge in [-0.25, -0.2) is 9.37 Å². The lowest BCUT2D eigenvalue weighted by molar-refractivity contribution is -0.132. The predicted molar refractivity (Wildman–Crippen MR) is 159 cm³/mol. The molecular formula is C33H25FN2O5S. The second kappa shape index (κ2) is 11.5. The fourth-order valence-electron chi connectivity index (χ4n) is 4.88. The second-order valence-corrected chi connectivity index (χ2v) is 10.6. The summed E-state index contributed by atoms with van der Waals surface area (Å²) in [6, 6.07) is 26.5. The number of carbonyl (C=O) groups excluding carboxylic acids is 2. The van der Waals surface area contributed by atoms with Gasteiger partial charge >= 0.3 is 5.91 Å². The van der Waals surface area contributed by atoms with Gasteiger partial charge in [-0.2, -0.15) is 0 Å². The quantitative estimate of drug-likeness (QED) is 0.120. The molecule has 1 amide bonds. The van der Waals surface area contributed by atoms with Crippen LogP contribution in [0.15, 0.2) is 103 Å². The third kappa shape index (κ3) is 5.22. The van der Waals surface area contributed by atoms with Crippen molar-refractivity contribution in [3.8, 4) is 11.5 Å². The summed E-state index contributed by atoms with van der Waals surface area (Å²) < 4.78 is 26.0. The lowest BCUT2D eigenvalue weighted by atomic mass is 9.95. The smallest absolute Gasteiger partial charge is 0.301 e. The van der Waals surface area contributed by atoms with Crippen molar-refractivity contribution in [2.24, 2.45) is 0 Å². The van der Waals surface area contributed by atoms with Gasteiger partial charge in [0.1, 0.15) is 29.7 Å². The number of carbonyl (C=O) groups is 2. The Morgan fingerprint density at radius 2 is 1.71 bits per heavy atom. The molecule has 42 heavy (non-hydrogen) atoms. The fraction of sp³-hybridized carbons (Fsp3) is 0.121. The van der Waals surface area contributed by atoms with Gasteiger partial charge in [0.2, 0.25) is 0 Å². The van der Waals surface area contributed by atoms with Crippen LogP contribution in [0, 0.1) is 5.82 Å². The highest BCUT2D eigenvalue weighted by molar-refractivity contribution is 7.22. The Morgan fingerprint density at radius 1 is 0.929 bits per heavy atom. The molecule has 0 saturated carbocycles. The Labute approximate surface area is 245 Å². The number of halogens is 1. The summed E-state index contributed by atoms with van der Waals surface area (Å²) in [6.07, 6.45) is 0. The number of nitrogens with zero attached hydrogens (tertiary/aromatic N) is 2. The minimum atomic E-state index is -1.01.